The third-order valence-electron chi connectivity index (χ3n) is 2.23. The Labute approximate surface area is 89.9 Å². The van der Waals surface area contributed by atoms with Crippen molar-refractivity contribution in [3.63, 3.8) is 0 Å². The average molecular weight is 227 g/mol. The van der Waals surface area contributed by atoms with Gasteiger partial charge in [-0.05, 0) is 4.90 Å². The molecule has 0 N–H and O–H groups in total. The molecule has 0 radical (unpaired) electrons. The molecule has 0 bridgehead atoms. The molecule has 0 amide bonds. The molecule has 1 atom stereocenters. The van der Waals surface area contributed by atoms with E-state index in [0.29, 0.717) is 11.4 Å². The van der Waals surface area contributed by atoms with Gasteiger partial charge in [-0.1, -0.05) is 5.16 Å². The van der Waals surface area contributed by atoms with Gasteiger partial charge in [0.05, 0.1) is 7.11 Å². The summed E-state index contributed by atoms with van der Waals surface area (Å²) in [5, 5.41) is 18.2. The topological polar surface area (TPSA) is 101 Å². The van der Waals surface area contributed by atoms with Gasteiger partial charge in [-0.3, -0.25) is 4.63 Å². The zero-order valence-corrected chi connectivity index (χ0v) is 8.67. The van der Waals surface area contributed by atoms with Crippen molar-refractivity contribution in [1.82, 2.24) is 5.16 Å². The lowest BCUT2D eigenvalue weighted by molar-refractivity contribution is -0.806. The molecule has 16 heavy (non-hydrogen) atoms. The van der Waals surface area contributed by atoms with E-state index < -0.39 is 12.1 Å². The summed E-state index contributed by atoms with van der Waals surface area (Å²) in [7, 11) is 1.26. The molecule has 2 heterocycles. The molecule has 86 valence electrons. The molecular weight excluding hydrogens is 218 g/mol. The maximum Gasteiger partial charge on any atom is 0.350 e. The SMILES string of the molecule is COC(=O)C1CC(c2no[n+]([O-])c2C)=NO1. The third-order valence-corrected chi connectivity index (χ3v) is 2.23. The number of esters is 1. The van der Waals surface area contributed by atoms with E-state index in [0.717, 1.165) is 0 Å². The van der Waals surface area contributed by atoms with Gasteiger partial charge in [-0.25, -0.2) is 4.79 Å². The van der Waals surface area contributed by atoms with Gasteiger partial charge in [0.1, 0.15) is 5.71 Å². The maximum absolute atomic E-state index is 11.1. The molecule has 0 fully saturated rings. The summed E-state index contributed by atoms with van der Waals surface area (Å²) in [6, 6.07) is 0. The molecule has 0 saturated heterocycles. The molecule has 0 aliphatic carbocycles. The Morgan fingerprint density at radius 3 is 3.00 bits per heavy atom. The fourth-order valence-electron chi connectivity index (χ4n) is 1.33. The fourth-order valence-corrected chi connectivity index (χ4v) is 1.33. The summed E-state index contributed by atoms with van der Waals surface area (Å²) in [6.45, 7) is 1.53. The van der Waals surface area contributed by atoms with Crippen LogP contribution in [0.3, 0.4) is 0 Å². The van der Waals surface area contributed by atoms with Crippen molar-refractivity contribution < 1.29 is 23.9 Å². The minimum atomic E-state index is -0.781. The number of hydrogen-bond donors (Lipinski definition) is 0. The lowest BCUT2D eigenvalue weighted by Gasteiger charge is -2.03. The van der Waals surface area contributed by atoms with Gasteiger partial charge < -0.3 is 14.8 Å². The number of aromatic nitrogens is 2. The van der Waals surface area contributed by atoms with E-state index in [4.69, 9.17) is 4.84 Å². The van der Waals surface area contributed by atoms with Gasteiger partial charge in [0.15, 0.2) is 0 Å². The summed E-state index contributed by atoms with van der Waals surface area (Å²) >= 11 is 0. The average Bonchev–Trinajstić information content (AvgIpc) is 2.87. The highest BCUT2D eigenvalue weighted by Gasteiger charge is 2.34. The minimum Gasteiger partial charge on any atom is -0.466 e. The zero-order chi connectivity index (χ0) is 11.7. The zero-order valence-electron chi connectivity index (χ0n) is 8.67. The van der Waals surface area contributed by atoms with E-state index in [2.05, 4.69) is 19.7 Å². The standard InChI is InChI=1S/C8H9N3O5/c1-4-7(10-16-11(4)13)5-3-6(15-9-5)8(12)14-2/h6H,3H2,1-2H3. The Kier molecular flexibility index (Phi) is 2.47. The Morgan fingerprint density at radius 2 is 2.44 bits per heavy atom. The molecule has 1 aliphatic heterocycles. The first-order valence-corrected chi connectivity index (χ1v) is 4.50. The van der Waals surface area contributed by atoms with Crippen LogP contribution in [-0.2, 0) is 14.4 Å². The molecule has 8 nitrogen and oxygen atoms in total. The molecule has 1 aliphatic rings. The van der Waals surface area contributed by atoms with Crippen molar-refractivity contribution in [2.24, 2.45) is 5.16 Å². The second-order valence-electron chi connectivity index (χ2n) is 3.22. The van der Waals surface area contributed by atoms with Crippen molar-refractivity contribution in [1.29, 1.82) is 0 Å². The van der Waals surface area contributed by atoms with Crippen LogP contribution in [0.1, 0.15) is 17.8 Å². The maximum atomic E-state index is 11.1. The first kappa shape index (κ1) is 10.4. The van der Waals surface area contributed by atoms with Gasteiger partial charge in [-0.2, -0.15) is 0 Å². The molecule has 0 spiro atoms. The van der Waals surface area contributed by atoms with Gasteiger partial charge in [0.2, 0.25) is 11.8 Å². The highest BCUT2D eigenvalue weighted by molar-refractivity contribution is 6.02. The van der Waals surface area contributed by atoms with E-state index in [1.807, 2.05) is 0 Å². The van der Waals surface area contributed by atoms with Gasteiger partial charge >= 0.3 is 5.97 Å². The summed E-state index contributed by atoms with van der Waals surface area (Å²) in [5.41, 5.74) is 0.959. The van der Waals surface area contributed by atoms with Crippen LogP contribution in [0.5, 0.6) is 0 Å². The van der Waals surface area contributed by atoms with Crippen LogP contribution in [0.25, 0.3) is 0 Å². The van der Waals surface area contributed by atoms with Crippen LogP contribution >= 0.6 is 0 Å². The number of ether oxygens (including phenoxy) is 1. The second kappa shape index (κ2) is 3.80. The van der Waals surface area contributed by atoms with Crippen molar-refractivity contribution in [3.05, 3.63) is 16.6 Å². The van der Waals surface area contributed by atoms with Crippen LogP contribution in [0, 0.1) is 12.1 Å². The third kappa shape index (κ3) is 1.58. The summed E-state index contributed by atoms with van der Waals surface area (Å²) < 4.78 is 8.89. The molecule has 8 heteroatoms. The molecule has 1 aromatic heterocycles. The first-order chi connectivity index (χ1) is 7.63. The monoisotopic (exact) mass is 227 g/mol. The van der Waals surface area contributed by atoms with E-state index in [9.17, 15) is 10.0 Å². The van der Waals surface area contributed by atoms with Crippen molar-refractivity contribution in [2.45, 2.75) is 19.4 Å². The lowest BCUT2D eigenvalue weighted by Crippen LogP contribution is -2.27. The molecule has 1 aromatic rings. The van der Waals surface area contributed by atoms with Crippen LogP contribution in [0.15, 0.2) is 9.78 Å². The Bertz CT molecular complexity index is 453. The highest BCUT2D eigenvalue weighted by atomic mass is 16.8. The molecule has 0 saturated carbocycles. The van der Waals surface area contributed by atoms with Gasteiger partial charge in [0.25, 0.3) is 5.69 Å². The molecular formula is C8H9N3O5. The van der Waals surface area contributed by atoms with Crippen molar-refractivity contribution in [3.8, 4) is 0 Å². The van der Waals surface area contributed by atoms with E-state index in [1.54, 1.807) is 0 Å². The van der Waals surface area contributed by atoms with Gasteiger partial charge in [-0.15, -0.1) is 0 Å². The highest BCUT2D eigenvalue weighted by Crippen LogP contribution is 2.17. The number of oxime groups is 1. The predicted octanol–water partition coefficient (Wildman–Crippen LogP) is -0.718. The van der Waals surface area contributed by atoms with Gasteiger partial charge in [0, 0.05) is 18.5 Å². The number of rotatable bonds is 2. The molecule has 2 rings (SSSR count). The largest absolute Gasteiger partial charge is 0.466 e. The quantitative estimate of drug-likeness (QED) is 0.488. The van der Waals surface area contributed by atoms with Crippen LogP contribution in [0.2, 0.25) is 0 Å². The summed E-state index contributed by atoms with van der Waals surface area (Å²) in [5.74, 6) is -0.519. The van der Waals surface area contributed by atoms with E-state index >= 15 is 0 Å². The second-order valence-corrected chi connectivity index (χ2v) is 3.22. The smallest absolute Gasteiger partial charge is 0.350 e. The van der Waals surface area contributed by atoms with Crippen molar-refractivity contribution >= 4 is 11.7 Å². The lowest BCUT2D eigenvalue weighted by atomic mass is 10.1. The number of methoxy groups -OCH3 is 1. The first-order valence-electron chi connectivity index (χ1n) is 4.50. The van der Waals surface area contributed by atoms with Crippen LogP contribution < -0.4 is 4.90 Å². The Morgan fingerprint density at radius 1 is 1.69 bits per heavy atom. The molecule has 0 aromatic carbocycles. The van der Waals surface area contributed by atoms with Crippen LogP contribution in [-0.4, -0.2) is 30.1 Å². The molecule has 1 unspecified atom stereocenters. The van der Waals surface area contributed by atoms with E-state index in [-0.39, 0.29) is 17.0 Å². The Hall–Kier alpha value is -2.12. The number of carbonyl (C=O) groups is 1. The minimum absolute atomic E-state index is 0.208. The Balaban J connectivity index is 2.15. The van der Waals surface area contributed by atoms with E-state index in [1.165, 1.54) is 14.0 Å². The fraction of sp³-hybridized carbons (Fsp3) is 0.500. The number of carbonyl (C=O) groups excluding carboxylic acids is 1. The normalized spacial score (nSPS) is 19.1. The number of nitrogens with zero attached hydrogens (tertiary/aromatic N) is 3. The summed E-state index contributed by atoms with van der Waals surface area (Å²) in [6.07, 6.45) is -0.573. The van der Waals surface area contributed by atoms with Crippen molar-refractivity contribution in [2.75, 3.05) is 7.11 Å². The summed E-state index contributed by atoms with van der Waals surface area (Å²) in [4.78, 5) is 16.3. The van der Waals surface area contributed by atoms with Crippen LogP contribution in [0.4, 0.5) is 0 Å². The predicted molar refractivity (Wildman–Crippen MR) is 48.2 cm³/mol. The number of hydrogen-bond acceptors (Lipinski definition) is 7.